The molecule has 235 valence electrons. The summed E-state index contributed by atoms with van der Waals surface area (Å²) in [4.78, 5) is 13.2. The number of benzene rings is 2. The predicted molar refractivity (Wildman–Crippen MR) is 182 cm³/mol. The van der Waals surface area contributed by atoms with Gasteiger partial charge in [0.2, 0.25) is 5.71 Å². The van der Waals surface area contributed by atoms with Gasteiger partial charge in [0.15, 0.2) is 0 Å². The van der Waals surface area contributed by atoms with Crippen molar-refractivity contribution in [3.05, 3.63) is 108 Å². The van der Waals surface area contributed by atoms with E-state index in [9.17, 15) is 4.39 Å². The predicted octanol–water partition coefficient (Wildman–Crippen LogP) is 9.79. The summed E-state index contributed by atoms with van der Waals surface area (Å²) in [6.07, 6.45) is 6.46. The second-order valence-corrected chi connectivity index (χ2v) is 18.6. The van der Waals surface area contributed by atoms with E-state index in [1.165, 1.54) is 16.8 Å². The maximum Gasteiger partial charge on any atom is 0.216 e. The third-order valence-electron chi connectivity index (χ3n) is 7.37. The summed E-state index contributed by atoms with van der Waals surface area (Å²) in [6, 6.07) is 25.0. The van der Waals surface area contributed by atoms with Crippen molar-refractivity contribution in [2.45, 2.75) is 66.6 Å². The standard InChI is InChI=1S/C19H14FN2O.C19H26NSi.Ir/c1-11(2)12-7-9-21-16(10-12)13-5-6-15(20)17-14-4-3-8-22-19(14)23-18(13)17;1-19(2,3)13-16-12-17(15-10-8-7-9-11-15)20-14-18(16)21(4,5)6;/h3-4,6-11H,1-2H3;7-10,12,14H,13H2,1-6H3;/q2*-1;/i11D;;. The Kier molecular flexibility index (Phi) is 10.1. The zero-order valence-corrected chi connectivity index (χ0v) is 30.6. The van der Waals surface area contributed by atoms with Crippen LogP contribution in [0.2, 0.25) is 19.6 Å². The van der Waals surface area contributed by atoms with Crippen LogP contribution in [0.4, 0.5) is 4.39 Å². The van der Waals surface area contributed by atoms with Gasteiger partial charge in [-0.15, -0.1) is 48.0 Å². The third-order valence-corrected chi connectivity index (χ3v) is 9.44. The molecule has 4 heterocycles. The number of pyridine rings is 3. The Morgan fingerprint density at radius 3 is 2.40 bits per heavy atom. The number of nitrogens with zero attached hydrogens (tertiary/aromatic N) is 3. The van der Waals surface area contributed by atoms with Crippen LogP contribution in [-0.2, 0) is 26.5 Å². The van der Waals surface area contributed by atoms with Crippen LogP contribution in [0.15, 0.2) is 83.7 Å². The number of rotatable bonds is 5. The van der Waals surface area contributed by atoms with Gasteiger partial charge in [0, 0.05) is 51.3 Å². The fourth-order valence-electron chi connectivity index (χ4n) is 5.28. The van der Waals surface area contributed by atoms with E-state index in [2.05, 4.69) is 80.8 Å². The number of halogens is 1. The summed E-state index contributed by atoms with van der Waals surface area (Å²) < 4.78 is 28.3. The van der Waals surface area contributed by atoms with Gasteiger partial charge in [-0.2, -0.15) is 0 Å². The van der Waals surface area contributed by atoms with Crippen LogP contribution >= 0.6 is 0 Å². The topological polar surface area (TPSA) is 51.8 Å². The average Bonchev–Trinajstić information content (AvgIpc) is 3.37. The summed E-state index contributed by atoms with van der Waals surface area (Å²) in [7, 11) is -1.37. The molecular formula is C38H40FIrN3OSi-2. The maximum atomic E-state index is 14.3. The molecule has 0 fully saturated rings. The van der Waals surface area contributed by atoms with Crippen LogP contribution in [0, 0.1) is 23.4 Å². The van der Waals surface area contributed by atoms with E-state index in [1.54, 1.807) is 44.4 Å². The van der Waals surface area contributed by atoms with Crippen LogP contribution in [0.5, 0.6) is 0 Å². The molecule has 4 nitrogen and oxygen atoms in total. The zero-order chi connectivity index (χ0) is 32.6. The van der Waals surface area contributed by atoms with Gasteiger partial charge in [-0.05, 0) is 57.9 Å². The van der Waals surface area contributed by atoms with E-state index in [0.29, 0.717) is 33.3 Å². The smallest absolute Gasteiger partial charge is 0.216 e. The molecule has 0 aliphatic heterocycles. The summed E-state index contributed by atoms with van der Waals surface area (Å²) >= 11 is 0. The SMILES string of the molecule is CC(C)(C)Cc1cc(-c2[c-]cccc2)ncc1[Si](C)(C)C.[2H]C(C)(C)c1ccnc(-c2[c-]cc(F)c3c2oc2ncccc23)c1.[Ir]. The molecular weight excluding hydrogens is 754 g/mol. The Bertz CT molecular complexity index is 1960. The van der Waals surface area contributed by atoms with Crippen LogP contribution in [0.3, 0.4) is 0 Å². The molecule has 6 rings (SSSR count). The van der Waals surface area contributed by atoms with Gasteiger partial charge in [-0.1, -0.05) is 83.1 Å². The average molecular weight is 795 g/mol. The maximum absolute atomic E-state index is 14.3. The molecule has 45 heavy (non-hydrogen) atoms. The molecule has 6 aromatic rings. The molecule has 7 heteroatoms. The molecule has 0 saturated carbocycles. The Morgan fingerprint density at radius 2 is 1.73 bits per heavy atom. The molecule has 0 amide bonds. The molecule has 0 atom stereocenters. The Balaban J connectivity index is 0.000000207. The normalized spacial score (nSPS) is 12.3. The largest absolute Gasteiger partial charge is 0.486 e. The number of hydrogen-bond donors (Lipinski definition) is 0. The minimum atomic E-state index is -1.37. The van der Waals surface area contributed by atoms with Gasteiger partial charge >= 0.3 is 0 Å². The van der Waals surface area contributed by atoms with Gasteiger partial charge < -0.3 is 14.4 Å². The molecule has 4 aromatic heterocycles. The molecule has 0 aliphatic rings. The van der Waals surface area contributed by atoms with Gasteiger partial charge in [0.1, 0.15) is 0 Å². The number of hydrogen-bond acceptors (Lipinski definition) is 4. The van der Waals surface area contributed by atoms with Crippen LogP contribution < -0.4 is 5.19 Å². The van der Waals surface area contributed by atoms with E-state index < -0.39 is 19.8 Å². The van der Waals surface area contributed by atoms with E-state index >= 15 is 0 Å². The van der Waals surface area contributed by atoms with E-state index in [1.807, 2.05) is 24.3 Å². The van der Waals surface area contributed by atoms with Crippen molar-refractivity contribution in [1.82, 2.24) is 15.0 Å². The second-order valence-electron chi connectivity index (χ2n) is 13.6. The van der Waals surface area contributed by atoms with Crippen LogP contribution in [0.1, 0.15) is 53.0 Å². The van der Waals surface area contributed by atoms with Crippen LogP contribution in [0.25, 0.3) is 44.6 Å². The molecule has 0 aliphatic carbocycles. The first-order valence-electron chi connectivity index (χ1n) is 15.4. The van der Waals surface area contributed by atoms with Crippen molar-refractivity contribution in [2.75, 3.05) is 0 Å². The van der Waals surface area contributed by atoms with Crippen molar-refractivity contribution in [3.63, 3.8) is 0 Å². The van der Waals surface area contributed by atoms with Crippen molar-refractivity contribution >= 4 is 35.3 Å². The van der Waals surface area contributed by atoms with Crippen molar-refractivity contribution in [1.29, 1.82) is 0 Å². The first-order valence-corrected chi connectivity index (χ1v) is 18.4. The number of furan rings is 1. The molecule has 0 N–H and O–H groups in total. The van der Waals surface area contributed by atoms with E-state index in [4.69, 9.17) is 10.8 Å². The molecule has 0 unspecified atom stereocenters. The quantitative estimate of drug-likeness (QED) is 0.129. The van der Waals surface area contributed by atoms with Crippen LogP contribution in [-0.4, -0.2) is 23.0 Å². The monoisotopic (exact) mass is 795 g/mol. The number of fused-ring (bicyclic) bond motifs is 3. The molecule has 1 radical (unpaired) electrons. The third kappa shape index (κ3) is 8.02. The molecule has 0 spiro atoms. The number of aromatic nitrogens is 3. The second kappa shape index (κ2) is 13.9. The van der Waals surface area contributed by atoms with Crippen molar-refractivity contribution in [2.24, 2.45) is 5.41 Å². The van der Waals surface area contributed by atoms with E-state index in [0.717, 1.165) is 23.2 Å². The molecule has 2 aromatic carbocycles. The minimum Gasteiger partial charge on any atom is -0.486 e. The summed E-state index contributed by atoms with van der Waals surface area (Å²) in [5, 5.41) is 2.48. The zero-order valence-electron chi connectivity index (χ0n) is 28.2. The Hall–Kier alpha value is -3.51. The fourth-order valence-corrected chi connectivity index (χ4v) is 6.85. The van der Waals surface area contributed by atoms with Gasteiger partial charge in [0.05, 0.1) is 13.7 Å². The summed E-state index contributed by atoms with van der Waals surface area (Å²) in [5.41, 5.74) is 6.59. The van der Waals surface area contributed by atoms with Gasteiger partial charge in [-0.25, -0.2) is 4.98 Å². The Labute approximate surface area is 282 Å². The minimum absolute atomic E-state index is 0. The molecule has 0 saturated heterocycles. The summed E-state index contributed by atoms with van der Waals surface area (Å²) in [5.74, 6) is -1.16. The fraction of sp³-hybridized carbons (Fsp3) is 0.289. The van der Waals surface area contributed by atoms with Gasteiger partial charge in [-0.3, -0.25) is 4.39 Å². The summed E-state index contributed by atoms with van der Waals surface area (Å²) in [6.45, 7) is 17.7. The molecule has 0 bridgehead atoms. The van der Waals surface area contributed by atoms with Crippen molar-refractivity contribution in [3.8, 4) is 22.5 Å². The Morgan fingerprint density at radius 1 is 0.956 bits per heavy atom. The first kappa shape index (κ1) is 32.9. The van der Waals surface area contributed by atoms with Crippen molar-refractivity contribution < 1.29 is 30.3 Å². The van der Waals surface area contributed by atoms with Gasteiger partial charge in [0.25, 0.3) is 0 Å². The first-order chi connectivity index (χ1) is 21.1. The van der Waals surface area contributed by atoms with E-state index in [-0.39, 0.29) is 25.5 Å².